The van der Waals surface area contributed by atoms with Gasteiger partial charge in [0.05, 0.1) is 19.2 Å². The number of hydrogen-bond acceptors (Lipinski definition) is 6. The summed E-state index contributed by atoms with van der Waals surface area (Å²) in [4.78, 5) is 34.8. The minimum atomic E-state index is -0.148. The number of thiophene rings is 1. The topological polar surface area (TPSA) is 86.8 Å². The van der Waals surface area contributed by atoms with Gasteiger partial charge in [0, 0.05) is 43.8 Å². The molecule has 33 heavy (non-hydrogen) atoms. The number of nitrogens with one attached hydrogen (secondary N) is 2. The number of anilines is 1. The first-order chi connectivity index (χ1) is 16.1. The molecule has 2 N–H and O–H groups in total. The average Bonchev–Trinajstić information content (AvgIpc) is 3.40. The fourth-order valence-corrected chi connectivity index (χ4v) is 4.34. The zero-order valence-electron chi connectivity index (χ0n) is 18.5. The Morgan fingerprint density at radius 2 is 1.88 bits per heavy atom. The van der Waals surface area contributed by atoms with Crippen LogP contribution in [0.2, 0.25) is 0 Å². The highest BCUT2D eigenvalue weighted by atomic mass is 32.1. The molecule has 3 heterocycles. The predicted octanol–water partition coefficient (Wildman–Crippen LogP) is 3.11. The van der Waals surface area contributed by atoms with E-state index in [-0.39, 0.29) is 11.9 Å². The normalized spacial score (nSPS) is 13.5. The quantitative estimate of drug-likeness (QED) is 0.560. The van der Waals surface area contributed by atoms with Crippen LogP contribution in [-0.2, 0) is 13.1 Å². The lowest BCUT2D eigenvalue weighted by Gasteiger charge is -2.36. The Balaban J connectivity index is 1.31. The van der Waals surface area contributed by atoms with Crippen LogP contribution in [0.3, 0.4) is 0 Å². The van der Waals surface area contributed by atoms with Crippen molar-refractivity contribution in [2.45, 2.75) is 13.1 Å². The Morgan fingerprint density at radius 1 is 1.03 bits per heavy atom. The first-order valence-electron chi connectivity index (χ1n) is 10.8. The van der Waals surface area contributed by atoms with E-state index in [2.05, 4.69) is 20.5 Å². The van der Waals surface area contributed by atoms with Crippen molar-refractivity contribution in [2.75, 3.05) is 38.2 Å². The van der Waals surface area contributed by atoms with Gasteiger partial charge in [-0.15, -0.1) is 11.3 Å². The van der Waals surface area contributed by atoms with E-state index in [0.29, 0.717) is 50.6 Å². The van der Waals surface area contributed by atoms with Crippen LogP contribution < -0.4 is 20.3 Å². The molecule has 1 saturated heterocycles. The van der Waals surface area contributed by atoms with Gasteiger partial charge in [-0.05, 0) is 41.3 Å². The largest absolute Gasteiger partial charge is 0.497 e. The van der Waals surface area contributed by atoms with Gasteiger partial charge < -0.3 is 25.2 Å². The number of carbonyl (C=O) groups excluding carboxylic acids is 2. The molecule has 2 aromatic heterocycles. The number of hydrogen-bond donors (Lipinski definition) is 2. The molecule has 172 valence electrons. The summed E-state index contributed by atoms with van der Waals surface area (Å²) in [5.74, 6) is 1.27. The minimum Gasteiger partial charge on any atom is -0.497 e. The van der Waals surface area contributed by atoms with Gasteiger partial charge in [0.15, 0.2) is 0 Å². The highest BCUT2D eigenvalue weighted by molar-refractivity contribution is 7.09. The number of aromatic nitrogens is 1. The number of amides is 3. The molecule has 4 rings (SSSR count). The third kappa shape index (κ3) is 5.81. The molecule has 0 saturated carbocycles. The van der Waals surface area contributed by atoms with Crippen molar-refractivity contribution in [2.24, 2.45) is 0 Å². The molecule has 0 spiro atoms. The van der Waals surface area contributed by atoms with Gasteiger partial charge in [0.1, 0.15) is 11.6 Å². The minimum absolute atomic E-state index is 0.104. The van der Waals surface area contributed by atoms with Crippen LogP contribution in [0.5, 0.6) is 5.75 Å². The number of nitrogens with zero attached hydrogens (tertiary/aromatic N) is 3. The first kappa shape index (κ1) is 22.6. The second kappa shape index (κ2) is 10.8. The van der Waals surface area contributed by atoms with Crippen LogP contribution in [-0.4, -0.2) is 55.1 Å². The van der Waals surface area contributed by atoms with Gasteiger partial charge >= 0.3 is 6.03 Å². The summed E-state index contributed by atoms with van der Waals surface area (Å²) in [6.07, 6.45) is 1.69. The molecule has 0 aliphatic carbocycles. The number of pyridine rings is 1. The van der Waals surface area contributed by atoms with E-state index >= 15 is 0 Å². The molecule has 1 aromatic carbocycles. The number of rotatable bonds is 7. The van der Waals surface area contributed by atoms with Crippen molar-refractivity contribution in [3.63, 3.8) is 0 Å². The zero-order chi connectivity index (χ0) is 23.0. The van der Waals surface area contributed by atoms with Crippen LogP contribution in [0, 0.1) is 0 Å². The van der Waals surface area contributed by atoms with Crippen molar-refractivity contribution in [3.8, 4) is 5.75 Å². The number of benzene rings is 1. The van der Waals surface area contributed by atoms with Crippen LogP contribution >= 0.6 is 11.3 Å². The molecule has 3 amide bonds. The standard InChI is InChI=1S/C24H27N5O3S/c1-32-19-6-2-5-18(15-19)16-27-24(31)29-12-10-28(11-13-29)22-21(8-3-9-25-22)23(30)26-17-20-7-4-14-33-20/h2-9,14-15H,10-13,16-17H2,1H3,(H,26,30)(H,27,31). The number of ether oxygens (including phenoxy) is 1. The summed E-state index contributed by atoms with van der Waals surface area (Å²) in [5, 5.41) is 7.93. The Hall–Kier alpha value is -3.59. The van der Waals surface area contributed by atoms with E-state index in [0.717, 1.165) is 16.2 Å². The Bertz CT molecular complexity index is 1080. The maximum absolute atomic E-state index is 12.8. The number of piperazine rings is 1. The summed E-state index contributed by atoms with van der Waals surface area (Å²) in [6.45, 7) is 3.24. The highest BCUT2D eigenvalue weighted by Crippen LogP contribution is 2.20. The Kier molecular flexibility index (Phi) is 7.41. The molecule has 0 bridgehead atoms. The molecule has 8 nitrogen and oxygen atoms in total. The van der Waals surface area contributed by atoms with Crippen molar-refractivity contribution in [3.05, 3.63) is 76.1 Å². The summed E-state index contributed by atoms with van der Waals surface area (Å²) < 4.78 is 5.23. The van der Waals surface area contributed by atoms with Gasteiger partial charge in [0.2, 0.25) is 0 Å². The van der Waals surface area contributed by atoms with Gasteiger partial charge in [0.25, 0.3) is 5.91 Å². The molecule has 1 aliphatic rings. The van der Waals surface area contributed by atoms with Gasteiger partial charge in [-0.1, -0.05) is 18.2 Å². The highest BCUT2D eigenvalue weighted by Gasteiger charge is 2.25. The second-order valence-electron chi connectivity index (χ2n) is 7.62. The molecule has 0 radical (unpaired) electrons. The fourth-order valence-electron chi connectivity index (χ4n) is 3.70. The summed E-state index contributed by atoms with van der Waals surface area (Å²) in [7, 11) is 1.62. The summed E-state index contributed by atoms with van der Waals surface area (Å²) in [6, 6.07) is 15.1. The molecule has 3 aromatic rings. The molecule has 0 unspecified atom stereocenters. The van der Waals surface area contributed by atoms with Gasteiger partial charge in [-0.25, -0.2) is 9.78 Å². The van der Waals surface area contributed by atoms with E-state index in [1.54, 1.807) is 41.7 Å². The third-order valence-electron chi connectivity index (χ3n) is 5.48. The van der Waals surface area contributed by atoms with Crippen molar-refractivity contribution >= 4 is 29.1 Å². The molecule has 1 fully saturated rings. The van der Waals surface area contributed by atoms with E-state index in [1.807, 2.05) is 41.8 Å². The van der Waals surface area contributed by atoms with Crippen LogP contribution in [0.1, 0.15) is 20.8 Å². The SMILES string of the molecule is COc1cccc(CNC(=O)N2CCN(c3ncccc3C(=O)NCc3cccs3)CC2)c1. The monoisotopic (exact) mass is 465 g/mol. The number of methoxy groups -OCH3 is 1. The lowest BCUT2D eigenvalue weighted by atomic mass is 10.2. The Labute approximate surface area is 197 Å². The number of urea groups is 1. The molecular weight excluding hydrogens is 438 g/mol. The van der Waals surface area contributed by atoms with Gasteiger partial charge in [-0.2, -0.15) is 0 Å². The maximum Gasteiger partial charge on any atom is 0.317 e. The van der Waals surface area contributed by atoms with E-state index in [1.165, 1.54) is 0 Å². The number of carbonyl (C=O) groups is 2. The molecule has 9 heteroatoms. The lowest BCUT2D eigenvalue weighted by molar-refractivity contribution is 0.0951. The third-order valence-corrected chi connectivity index (χ3v) is 6.36. The first-order valence-corrected chi connectivity index (χ1v) is 11.7. The summed E-state index contributed by atoms with van der Waals surface area (Å²) in [5.41, 5.74) is 1.53. The van der Waals surface area contributed by atoms with Crippen molar-refractivity contribution in [1.29, 1.82) is 0 Å². The van der Waals surface area contributed by atoms with Crippen LogP contribution in [0.15, 0.2) is 60.1 Å². The van der Waals surface area contributed by atoms with E-state index in [4.69, 9.17) is 4.74 Å². The van der Waals surface area contributed by atoms with Gasteiger partial charge in [-0.3, -0.25) is 4.79 Å². The smallest absolute Gasteiger partial charge is 0.317 e. The van der Waals surface area contributed by atoms with Crippen LogP contribution in [0.25, 0.3) is 0 Å². The Morgan fingerprint density at radius 3 is 2.64 bits per heavy atom. The summed E-state index contributed by atoms with van der Waals surface area (Å²) >= 11 is 1.61. The maximum atomic E-state index is 12.8. The molecule has 0 atom stereocenters. The van der Waals surface area contributed by atoms with E-state index in [9.17, 15) is 9.59 Å². The second-order valence-corrected chi connectivity index (χ2v) is 8.65. The fraction of sp³-hybridized carbons (Fsp3) is 0.292. The van der Waals surface area contributed by atoms with E-state index < -0.39 is 0 Å². The molecular formula is C24H27N5O3S. The molecule has 1 aliphatic heterocycles. The zero-order valence-corrected chi connectivity index (χ0v) is 19.3. The van der Waals surface area contributed by atoms with Crippen molar-refractivity contribution < 1.29 is 14.3 Å². The van der Waals surface area contributed by atoms with Crippen molar-refractivity contribution in [1.82, 2.24) is 20.5 Å². The van der Waals surface area contributed by atoms with Crippen LogP contribution in [0.4, 0.5) is 10.6 Å². The predicted molar refractivity (Wildman–Crippen MR) is 129 cm³/mol. The lowest BCUT2D eigenvalue weighted by Crippen LogP contribution is -2.52. The average molecular weight is 466 g/mol.